The van der Waals surface area contributed by atoms with Crippen molar-refractivity contribution in [2.24, 2.45) is 5.92 Å². The Morgan fingerprint density at radius 1 is 1.19 bits per heavy atom. The minimum absolute atomic E-state index is 0.624. The molecule has 2 aromatic rings. The molecule has 1 aromatic heterocycles. The second-order valence-electron chi connectivity index (χ2n) is 6.20. The normalized spacial score (nSPS) is 17.8. The molecule has 3 heteroatoms. The zero-order valence-corrected chi connectivity index (χ0v) is 12.8. The Bertz CT molecular complexity index is 524. The van der Waals surface area contributed by atoms with Crippen LogP contribution in [0, 0.1) is 5.92 Å². The lowest BCUT2D eigenvalue weighted by atomic mass is 9.84. The van der Waals surface area contributed by atoms with Crippen LogP contribution in [0.25, 0.3) is 5.69 Å². The first-order valence-electron chi connectivity index (χ1n) is 8.13. The fraction of sp³-hybridized carbons (Fsp3) is 0.500. The summed E-state index contributed by atoms with van der Waals surface area (Å²) in [6.45, 7) is 3.30. The van der Waals surface area contributed by atoms with Gasteiger partial charge in [-0.2, -0.15) is 0 Å². The molecule has 1 N–H and O–H groups in total. The van der Waals surface area contributed by atoms with Crippen LogP contribution in [-0.2, 0) is 6.54 Å². The summed E-state index contributed by atoms with van der Waals surface area (Å²) in [5, 5.41) is 3.70. The van der Waals surface area contributed by atoms with Gasteiger partial charge in [0, 0.05) is 30.7 Å². The van der Waals surface area contributed by atoms with Gasteiger partial charge in [-0.05, 0) is 43.4 Å². The summed E-state index contributed by atoms with van der Waals surface area (Å²) in [6.07, 6.45) is 12.7. The van der Waals surface area contributed by atoms with Crippen LogP contribution in [0.1, 0.15) is 44.6 Å². The maximum absolute atomic E-state index is 4.08. The van der Waals surface area contributed by atoms with Gasteiger partial charge in [0.1, 0.15) is 0 Å². The minimum Gasteiger partial charge on any atom is -0.310 e. The molecule has 0 spiro atoms. The summed E-state index contributed by atoms with van der Waals surface area (Å²) >= 11 is 0. The van der Waals surface area contributed by atoms with Crippen molar-refractivity contribution in [3.8, 4) is 5.69 Å². The summed E-state index contributed by atoms with van der Waals surface area (Å²) in [6, 6.07) is 9.35. The molecule has 0 bridgehead atoms. The van der Waals surface area contributed by atoms with E-state index in [1.54, 1.807) is 6.20 Å². The zero-order valence-electron chi connectivity index (χ0n) is 12.8. The largest absolute Gasteiger partial charge is 0.310 e. The summed E-state index contributed by atoms with van der Waals surface area (Å²) in [4.78, 5) is 4.08. The van der Waals surface area contributed by atoms with Crippen LogP contribution in [0.4, 0.5) is 0 Å². The van der Waals surface area contributed by atoms with Gasteiger partial charge < -0.3 is 9.88 Å². The van der Waals surface area contributed by atoms with Gasteiger partial charge in [0.2, 0.25) is 0 Å². The highest BCUT2D eigenvalue weighted by molar-refractivity contribution is 5.34. The Morgan fingerprint density at radius 2 is 1.95 bits per heavy atom. The highest BCUT2D eigenvalue weighted by Crippen LogP contribution is 2.26. The molecule has 1 fully saturated rings. The van der Waals surface area contributed by atoms with Gasteiger partial charge in [0.15, 0.2) is 0 Å². The van der Waals surface area contributed by atoms with Gasteiger partial charge in [0.05, 0.1) is 6.33 Å². The SMILES string of the molecule is CC(NCc1ccc(-n2ccnc2)cc1)C1CCCCC1. The number of hydrogen-bond donors (Lipinski definition) is 1. The predicted octanol–water partition coefficient (Wildman–Crippen LogP) is 3.93. The molecule has 3 nitrogen and oxygen atoms in total. The highest BCUT2D eigenvalue weighted by Gasteiger charge is 2.19. The van der Waals surface area contributed by atoms with Crippen LogP contribution in [0.3, 0.4) is 0 Å². The third-order valence-corrected chi connectivity index (χ3v) is 4.72. The average Bonchev–Trinajstić information content (AvgIpc) is 3.08. The molecule has 0 amide bonds. The number of nitrogens with zero attached hydrogens (tertiary/aromatic N) is 2. The van der Waals surface area contributed by atoms with Gasteiger partial charge in [-0.15, -0.1) is 0 Å². The van der Waals surface area contributed by atoms with E-state index in [1.165, 1.54) is 37.7 Å². The molecule has 3 rings (SSSR count). The Morgan fingerprint density at radius 3 is 2.62 bits per heavy atom. The maximum Gasteiger partial charge on any atom is 0.0991 e. The number of imidazole rings is 1. The van der Waals surface area contributed by atoms with E-state index in [1.807, 2.05) is 17.1 Å². The van der Waals surface area contributed by atoms with Crippen molar-refractivity contribution < 1.29 is 0 Å². The molecule has 0 radical (unpaired) electrons. The first-order chi connectivity index (χ1) is 10.3. The van der Waals surface area contributed by atoms with Crippen LogP contribution in [0.15, 0.2) is 43.0 Å². The van der Waals surface area contributed by atoms with Gasteiger partial charge in [0.25, 0.3) is 0 Å². The van der Waals surface area contributed by atoms with E-state index in [2.05, 4.69) is 41.5 Å². The molecule has 0 saturated heterocycles. The predicted molar refractivity (Wildman–Crippen MR) is 86.4 cm³/mol. The summed E-state index contributed by atoms with van der Waals surface area (Å²) in [5.74, 6) is 0.865. The zero-order chi connectivity index (χ0) is 14.5. The van der Waals surface area contributed by atoms with Crippen LogP contribution >= 0.6 is 0 Å². The van der Waals surface area contributed by atoms with Crippen LogP contribution < -0.4 is 5.32 Å². The smallest absolute Gasteiger partial charge is 0.0991 e. The molecule has 1 saturated carbocycles. The Labute approximate surface area is 127 Å². The van der Waals surface area contributed by atoms with Crippen LogP contribution in [0.5, 0.6) is 0 Å². The van der Waals surface area contributed by atoms with Crippen molar-refractivity contribution in [3.05, 3.63) is 48.5 Å². The van der Waals surface area contributed by atoms with Crippen LogP contribution in [0.2, 0.25) is 0 Å². The fourth-order valence-corrected chi connectivity index (χ4v) is 3.28. The summed E-state index contributed by atoms with van der Waals surface area (Å²) in [7, 11) is 0. The molecule has 0 aliphatic heterocycles. The van der Waals surface area contributed by atoms with E-state index in [9.17, 15) is 0 Å². The Balaban J connectivity index is 1.53. The Kier molecular flexibility index (Phi) is 4.71. The van der Waals surface area contributed by atoms with Crippen molar-refractivity contribution in [2.75, 3.05) is 0 Å². The van der Waals surface area contributed by atoms with E-state index in [-0.39, 0.29) is 0 Å². The van der Waals surface area contributed by atoms with Gasteiger partial charge in [-0.1, -0.05) is 31.4 Å². The van der Waals surface area contributed by atoms with Crippen molar-refractivity contribution >= 4 is 0 Å². The number of aromatic nitrogens is 2. The van der Waals surface area contributed by atoms with Crippen LogP contribution in [-0.4, -0.2) is 15.6 Å². The van der Waals surface area contributed by atoms with E-state index in [4.69, 9.17) is 0 Å². The molecule has 112 valence electrons. The van der Waals surface area contributed by atoms with Gasteiger partial charge >= 0.3 is 0 Å². The fourth-order valence-electron chi connectivity index (χ4n) is 3.28. The molecule has 1 aromatic carbocycles. The molecule has 21 heavy (non-hydrogen) atoms. The van der Waals surface area contributed by atoms with E-state index in [0.717, 1.165) is 18.2 Å². The monoisotopic (exact) mass is 283 g/mol. The van der Waals surface area contributed by atoms with Crippen molar-refractivity contribution in [1.82, 2.24) is 14.9 Å². The third kappa shape index (κ3) is 3.73. The topological polar surface area (TPSA) is 29.9 Å². The molecule has 1 unspecified atom stereocenters. The quantitative estimate of drug-likeness (QED) is 0.901. The minimum atomic E-state index is 0.624. The van der Waals surface area contributed by atoms with Crippen molar-refractivity contribution in [1.29, 1.82) is 0 Å². The Hall–Kier alpha value is -1.61. The number of benzene rings is 1. The number of rotatable bonds is 5. The highest BCUT2D eigenvalue weighted by atomic mass is 15.0. The lowest BCUT2D eigenvalue weighted by molar-refractivity contribution is 0.280. The lowest BCUT2D eigenvalue weighted by Gasteiger charge is -2.28. The summed E-state index contributed by atoms with van der Waals surface area (Å²) < 4.78 is 2.03. The standard InChI is InChI=1S/C18H25N3/c1-15(17-5-3-2-4-6-17)20-13-16-7-9-18(10-8-16)21-12-11-19-14-21/h7-12,14-15,17,20H,2-6,13H2,1H3. The molecule has 1 aliphatic carbocycles. The first-order valence-corrected chi connectivity index (χ1v) is 8.13. The molecule has 1 atom stereocenters. The van der Waals surface area contributed by atoms with E-state index >= 15 is 0 Å². The van der Waals surface area contributed by atoms with Gasteiger partial charge in [-0.3, -0.25) is 0 Å². The van der Waals surface area contributed by atoms with Crippen molar-refractivity contribution in [3.63, 3.8) is 0 Å². The molecule has 1 heterocycles. The van der Waals surface area contributed by atoms with E-state index in [0.29, 0.717) is 6.04 Å². The molecular formula is C18H25N3. The summed E-state index contributed by atoms with van der Waals surface area (Å²) in [5.41, 5.74) is 2.51. The lowest BCUT2D eigenvalue weighted by Crippen LogP contribution is -2.34. The average molecular weight is 283 g/mol. The first kappa shape index (κ1) is 14.3. The van der Waals surface area contributed by atoms with Crippen molar-refractivity contribution in [2.45, 2.75) is 51.6 Å². The van der Waals surface area contributed by atoms with E-state index < -0.39 is 0 Å². The molecular weight excluding hydrogens is 258 g/mol. The second-order valence-corrected chi connectivity index (χ2v) is 6.20. The second kappa shape index (κ2) is 6.90. The number of hydrogen-bond acceptors (Lipinski definition) is 2. The van der Waals surface area contributed by atoms with Gasteiger partial charge in [-0.25, -0.2) is 4.98 Å². The molecule has 1 aliphatic rings. The number of nitrogens with one attached hydrogen (secondary N) is 1. The third-order valence-electron chi connectivity index (χ3n) is 4.72. The maximum atomic E-state index is 4.08.